The molecule has 0 saturated heterocycles. The zero-order valence-electron chi connectivity index (χ0n) is 17.6. The second kappa shape index (κ2) is 8.27. The fourth-order valence-corrected chi connectivity index (χ4v) is 5.96. The minimum atomic E-state index is -0.886. The van der Waals surface area contributed by atoms with Gasteiger partial charge in [-0.3, -0.25) is 9.36 Å². The van der Waals surface area contributed by atoms with Gasteiger partial charge in [-0.15, -0.1) is 10.2 Å². The topological polar surface area (TPSA) is 71.2 Å². The van der Waals surface area contributed by atoms with Gasteiger partial charge in [0.25, 0.3) is 5.56 Å². The van der Waals surface area contributed by atoms with Crippen molar-refractivity contribution in [2.45, 2.75) is 44.7 Å². The zero-order chi connectivity index (χ0) is 22.4. The van der Waals surface area contributed by atoms with Crippen molar-refractivity contribution in [3.05, 3.63) is 46.9 Å². The quantitative estimate of drug-likeness (QED) is 0.604. The van der Waals surface area contributed by atoms with Crippen LogP contribution in [0.15, 0.2) is 41.3 Å². The predicted octanol–water partition coefficient (Wildman–Crippen LogP) is 4.63. The van der Waals surface area contributed by atoms with Crippen molar-refractivity contribution in [2.75, 3.05) is 11.9 Å². The van der Waals surface area contributed by atoms with Crippen molar-refractivity contribution >= 4 is 16.5 Å². The van der Waals surface area contributed by atoms with Crippen LogP contribution >= 0.6 is 11.3 Å². The molecular formula is C23H24F2N4O2S. The van der Waals surface area contributed by atoms with Crippen LogP contribution < -0.4 is 10.5 Å². The smallest absolute Gasteiger partial charge is 0.253 e. The Balaban J connectivity index is 1.38. The summed E-state index contributed by atoms with van der Waals surface area (Å²) in [6.45, 7) is -0.886. The number of hydrogen-bond acceptors (Lipinski definition) is 6. The average Bonchev–Trinajstić information content (AvgIpc) is 3.44. The van der Waals surface area contributed by atoms with E-state index in [1.54, 1.807) is 24.3 Å². The maximum atomic E-state index is 15.0. The van der Waals surface area contributed by atoms with Crippen LogP contribution in [0.4, 0.5) is 13.9 Å². The van der Waals surface area contributed by atoms with Gasteiger partial charge in [-0.25, -0.2) is 8.78 Å². The second-order valence-corrected chi connectivity index (χ2v) is 9.72. The van der Waals surface area contributed by atoms with Gasteiger partial charge in [-0.1, -0.05) is 17.4 Å². The Morgan fingerprint density at radius 3 is 2.75 bits per heavy atom. The Morgan fingerprint density at radius 1 is 1.19 bits per heavy atom. The third-order valence-corrected chi connectivity index (χ3v) is 7.92. The molecule has 2 aliphatic rings. The first kappa shape index (κ1) is 21.1. The molecule has 2 fully saturated rings. The van der Waals surface area contributed by atoms with E-state index in [9.17, 15) is 18.7 Å². The molecule has 2 aliphatic carbocycles. The molecule has 5 rings (SSSR count). The van der Waals surface area contributed by atoms with Gasteiger partial charge >= 0.3 is 0 Å². The number of halogens is 2. The molecule has 3 aromatic rings. The molecule has 2 heterocycles. The van der Waals surface area contributed by atoms with E-state index in [1.165, 1.54) is 23.6 Å². The number of hydrogen-bond donors (Lipinski definition) is 1. The molecule has 2 bridgehead atoms. The van der Waals surface area contributed by atoms with Crippen molar-refractivity contribution in [3.8, 4) is 27.4 Å². The maximum Gasteiger partial charge on any atom is 0.253 e. The van der Waals surface area contributed by atoms with E-state index in [0.717, 1.165) is 30.3 Å². The zero-order valence-corrected chi connectivity index (χ0v) is 18.4. The number of nitrogens with zero attached hydrogens (tertiary/aromatic N) is 4. The fraction of sp³-hybridized carbons (Fsp3) is 0.435. The first-order valence-corrected chi connectivity index (χ1v) is 11.6. The van der Waals surface area contributed by atoms with Gasteiger partial charge in [0.05, 0.1) is 11.6 Å². The Hall–Kier alpha value is -2.81. The summed E-state index contributed by atoms with van der Waals surface area (Å²) in [5, 5.41) is 20.3. The number of pyridine rings is 1. The normalized spacial score (nSPS) is 24.6. The van der Waals surface area contributed by atoms with Crippen LogP contribution in [0.25, 0.3) is 21.7 Å². The number of rotatable bonds is 5. The fourth-order valence-electron chi connectivity index (χ4n) is 5.06. The molecule has 0 amide bonds. The first-order valence-electron chi connectivity index (χ1n) is 10.7. The Morgan fingerprint density at radius 2 is 2.00 bits per heavy atom. The largest absolute Gasteiger partial charge is 0.507 e. The lowest BCUT2D eigenvalue weighted by Gasteiger charge is -2.37. The number of alkyl halides is 2. The molecule has 6 nitrogen and oxygen atoms in total. The van der Waals surface area contributed by atoms with Gasteiger partial charge in [0.15, 0.2) is 11.8 Å². The molecule has 2 saturated carbocycles. The molecule has 4 atom stereocenters. The molecule has 2 aromatic heterocycles. The first-order chi connectivity index (χ1) is 15.4. The van der Waals surface area contributed by atoms with E-state index in [0.29, 0.717) is 32.7 Å². The van der Waals surface area contributed by atoms with Crippen LogP contribution in [0.5, 0.6) is 5.75 Å². The number of anilines is 1. The number of phenols is 1. The second-order valence-electron chi connectivity index (χ2n) is 8.76. The van der Waals surface area contributed by atoms with Crippen molar-refractivity contribution in [1.29, 1.82) is 0 Å². The molecular weight excluding hydrogens is 434 g/mol. The highest BCUT2D eigenvalue weighted by Gasteiger charge is 2.44. The summed E-state index contributed by atoms with van der Waals surface area (Å²) in [6, 6.07) is 7.80. The molecule has 32 heavy (non-hydrogen) atoms. The summed E-state index contributed by atoms with van der Waals surface area (Å²) in [7, 11) is 1.87. The Bertz CT molecular complexity index is 1200. The van der Waals surface area contributed by atoms with E-state index in [-0.39, 0.29) is 17.7 Å². The highest BCUT2D eigenvalue weighted by atomic mass is 32.1. The van der Waals surface area contributed by atoms with Crippen LogP contribution in [0.3, 0.4) is 0 Å². The Labute approximate surface area is 188 Å². The van der Waals surface area contributed by atoms with Crippen molar-refractivity contribution in [1.82, 2.24) is 14.8 Å². The standard InChI is InChI=1S/C23H24F2N4O2S/c1-28(18-9-13-2-3-16(8-13)21(18)25)23-27-26-22(32-23)17-5-4-14(10-19(17)30)15-6-7-29(12-24)20(31)11-15/h4-7,10-11,13,16,18,21,30H,2-3,8-9,12H2,1H3/t13-,16+,18+,21-/m1/s1. The van der Waals surface area contributed by atoms with E-state index in [1.807, 2.05) is 11.9 Å². The van der Waals surface area contributed by atoms with E-state index in [2.05, 4.69) is 10.2 Å². The molecule has 0 spiro atoms. The van der Waals surface area contributed by atoms with Crippen molar-refractivity contribution < 1.29 is 13.9 Å². The summed E-state index contributed by atoms with van der Waals surface area (Å²) >= 11 is 1.32. The third-order valence-electron chi connectivity index (χ3n) is 6.87. The van der Waals surface area contributed by atoms with E-state index < -0.39 is 18.5 Å². The van der Waals surface area contributed by atoms with Crippen LogP contribution in [-0.2, 0) is 6.80 Å². The highest BCUT2D eigenvalue weighted by molar-refractivity contribution is 7.18. The van der Waals surface area contributed by atoms with Crippen molar-refractivity contribution in [3.63, 3.8) is 0 Å². The summed E-state index contributed by atoms with van der Waals surface area (Å²) in [6.07, 6.45) is 4.44. The van der Waals surface area contributed by atoms with Gasteiger partial charge in [0, 0.05) is 19.3 Å². The van der Waals surface area contributed by atoms with Crippen LogP contribution in [-0.4, -0.2) is 39.1 Å². The van der Waals surface area contributed by atoms with Gasteiger partial charge in [0.1, 0.15) is 11.9 Å². The van der Waals surface area contributed by atoms with Crippen LogP contribution in [0.2, 0.25) is 0 Å². The summed E-state index contributed by atoms with van der Waals surface area (Å²) < 4.78 is 28.7. The predicted molar refractivity (Wildman–Crippen MR) is 120 cm³/mol. The highest BCUT2D eigenvalue weighted by Crippen LogP contribution is 2.46. The minimum absolute atomic E-state index is 0.00148. The average molecular weight is 459 g/mol. The SMILES string of the molecule is CN(c1nnc(-c2ccc(-c3ccn(CF)c(=O)c3)cc2O)s1)[C@H]1C[C@@H]2CC[C@@H](C2)[C@H]1F. The van der Waals surface area contributed by atoms with E-state index >= 15 is 0 Å². The molecule has 0 unspecified atom stereocenters. The minimum Gasteiger partial charge on any atom is -0.507 e. The number of benzene rings is 1. The molecule has 0 radical (unpaired) electrons. The third kappa shape index (κ3) is 3.68. The van der Waals surface area contributed by atoms with Crippen molar-refractivity contribution in [2.24, 2.45) is 11.8 Å². The molecule has 168 valence electrons. The number of phenolic OH excluding ortho intramolecular Hbond substituents is 1. The van der Waals surface area contributed by atoms with E-state index in [4.69, 9.17) is 0 Å². The maximum absolute atomic E-state index is 15.0. The lowest BCUT2D eigenvalue weighted by Crippen LogP contribution is -2.45. The van der Waals surface area contributed by atoms with Crippen LogP contribution in [0.1, 0.15) is 25.7 Å². The number of fused-ring (bicyclic) bond motifs is 2. The summed E-state index contributed by atoms with van der Waals surface area (Å²) in [5.41, 5.74) is 1.28. The number of aromatic hydroxyl groups is 1. The van der Waals surface area contributed by atoms with Gasteiger partial charge < -0.3 is 10.0 Å². The van der Waals surface area contributed by atoms with Gasteiger partial charge in [-0.2, -0.15) is 0 Å². The Kier molecular flexibility index (Phi) is 5.44. The molecule has 1 aromatic carbocycles. The lowest BCUT2D eigenvalue weighted by atomic mass is 9.83. The monoisotopic (exact) mass is 458 g/mol. The van der Waals surface area contributed by atoms with Crippen LogP contribution in [0, 0.1) is 11.8 Å². The molecule has 1 N–H and O–H groups in total. The summed E-state index contributed by atoms with van der Waals surface area (Å²) in [5.74, 6) is 0.745. The lowest BCUT2D eigenvalue weighted by molar-refractivity contribution is 0.144. The summed E-state index contributed by atoms with van der Waals surface area (Å²) in [4.78, 5) is 13.8. The number of aromatic nitrogens is 3. The van der Waals surface area contributed by atoms with Gasteiger partial charge in [0.2, 0.25) is 5.13 Å². The van der Waals surface area contributed by atoms with Gasteiger partial charge in [-0.05, 0) is 66.8 Å². The molecule has 9 heteroatoms. The molecule has 0 aliphatic heterocycles.